The molecule has 2 aromatic carbocycles. The van der Waals surface area contributed by atoms with Gasteiger partial charge in [-0.15, -0.1) is 6.58 Å². The van der Waals surface area contributed by atoms with Crippen LogP contribution < -0.4 is 0 Å². The lowest BCUT2D eigenvalue weighted by Crippen LogP contribution is -2.19. The third kappa shape index (κ3) is 4.43. The fraction of sp³-hybridized carbons (Fsp3) is 0.333. The highest BCUT2D eigenvalue weighted by Gasteiger charge is 2.24. The maximum atomic E-state index is 13.1. The summed E-state index contributed by atoms with van der Waals surface area (Å²) in [4.78, 5) is 1.59. The molecule has 0 aliphatic rings. The number of benzene rings is 2. The van der Waals surface area contributed by atoms with Gasteiger partial charge in [-0.3, -0.25) is 0 Å². The van der Waals surface area contributed by atoms with Crippen molar-refractivity contribution in [3.8, 4) is 0 Å². The van der Waals surface area contributed by atoms with E-state index in [1.807, 2.05) is 55.5 Å². The van der Waals surface area contributed by atoms with Crippen LogP contribution in [0.15, 0.2) is 71.0 Å². The van der Waals surface area contributed by atoms with Gasteiger partial charge in [0, 0.05) is 15.7 Å². The van der Waals surface area contributed by atoms with Crippen molar-refractivity contribution in [2.24, 2.45) is 0 Å². The molecule has 128 valence electrons. The van der Waals surface area contributed by atoms with Crippen LogP contribution in [-0.2, 0) is 10.8 Å². The van der Waals surface area contributed by atoms with Crippen molar-refractivity contribution in [2.45, 2.75) is 54.9 Å². The molecular formula is C21H26O2S. The first kappa shape index (κ1) is 18.6. The molecule has 0 aliphatic carbocycles. The lowest BCUT2D eigenvalue weighted by atomic mass is 9.88. The Morgan fingerprint density at radius 2 is 1.83 bits per heavy atom. The van der Waals surface area contributed by atoms with Crippen LogP contribution in [-0.4, -0.2) is 15.4 Å². The summed E-state index contributed by atoms with van der Waals surface area (Å²) in [5, 5.41) is 10.5. The second-order valence-corrected chi connectivity index (χ2v) is 7.56. The van der Waals surface area contributed by atoms with E-state index in [1.165, 1.54) is 0 Å². The monoisotopic (exact) mass is 342 g/mol. The highest BCUT2D eigenvalue weighted by atomic mass is 32.2. The second kappa shape index (κ2) is 8.95. The Morgan fingerprint density at radius 1 is 1.17 bits per heavy atom. The highest BCUT2D eigenvalue weighted by Crippen LogP contribution is 2.33. The molecule has 0 heterocycles. The van der Waals surface area contributed by atoms with E-state index in [4.69, 9.17) is 0 Å². The third-order valence-corrected chi connectivity index (χ3v) is 5.70. The molecular weight excluding hydrogens is 316 g/mol. The van der Waals surface area contributed by atoms with E-state index in [0.717, 1.165) is 33.8 Å². The zero-order chi connectivity index (χ0) is 17.5. The predicted octanol–water partition coefficient (Wildman–Crippen LogP) is 4.98. The van der Waals surface area contributed by atoms with Crippen molar-refractivity contribution in [2.75, 3.05) is 0 Å². The summed E-state index contributed by atoms with van der Waals surface area (Å²) in [7, 11) is -1.25. The lowest BCUT2D eigenvalue weighted by molar-refractivity contribution is 0.140. The topological polar surface area (TPSA) is 37.3 Å². The molecule has 0 saturated carbocycles. The van der Waals surface area contributed by atoms with E-state index in [0.29, 0.717) is 6.42 Å². The Kier molecular flexibility index (Phi) is 6.95. The predicted molar refractivity (Wildman–Crippen MR) is 101 cm³/mol. The summed E-state index contributed by atoms with van der Waals surface area (Å²) in [6.07, 6.45) is 3.60. The van der Waals surface area contributed by atoms with Crippen molar-refractivity contribution < 1.29 is 9.32 Å². The number of hydrogen-bond acceptors (Lipinski definition) is 2. The van der Waals surface area contributed by atoms with E-state index in [9.17, 15) is 9.32 Å². The number of aryl methyl sites for hydroxylation is 1. The summed E-state index contributed by atoms with van der Waals surface area (Å²) in [5.41, 5.74) is 2.13. The molecule has 3 atom stereocenters. The molecule has 0 bridgehead atoms. The van der Waals surface area contributed by atoms with Gasteiger partial charge in [0.05, 0.1) is 16.9 Å². The molecule has 2 rings (SSSR count). The lowest BCUT2D eigenvalue weighted by Gasteiger charge is -2.24. The van der Waals surface area contributed by atoms with Crippen molar-refractivity contribution in [1.82, 2.24) is 0 Å². The highest BCUT2D eigenvalue weighted by molar-refractivity contribution is 7.85. The van der Waals surface area contributed by atoms with E-state index < -0.39 is 16.9 Å². The van der Waals surface area contributed by atoms with Crippen LogP contribution in [0.2, 0.25) is 0 Å². The van der Waals surface area contributed by atoms with Crippen LogP contribution >= 0.6 is 0 Å². The van der Waals surface area contributed by atoms with Gasteiger partial charge in [-0.1, -0.05) is 55.3 Å². The first-order chi connectivity index (χ1) is 11.6. The molecule has 0 amide bonds. The summed E-state index contributed by atoms with van der Waals surface area (Å²) >= 11 is 0. The second-order valence-electron chi connectivity index (χ2n) is 6.11. The maximum Gasteiger partial charge on any atom is 0.0852 e. The van der Waals surface area contributed by atoms with Crippen LogP contribution in [0.5, 0.6) is 0 Å². The largest absolute Gasteiger partial charge is 0.392 e. The average molecular weight is 343 g/mol. The van der Waals surface area contributed by atoms with E-state index in [1.54, 1.807) is 6.08 Å². The van der Waals surface area contributed by atoms with Crippen LogP contribution in [0.1, 0.15) is 43.2 Å². The zero-order valence-electron chi connectivity index (χ0n) is 14.4. The third-order valence-electron chi connectivity index (χ3n) is 4.23. The molecule has 0 spiro atoms. The Morgan fingerprint density at radius 3 is 2.46 bits per heavy atom. The quantitative estimate of drug-likeness (QED) is 0.687. The fourth-order valence-electron chi connectivity index (χ4n) is 2.95. The molecule has 0 radical (unpaired) electrons. The Hall–Kier alpha value is -1.71. The minimum atomic E-state index is -1.25. The maximum absolute atomic E-state index is 13.1. The van der Waals surface area contributed by atoms with E-state index >= 15 is 0 Å². The van der Waals surface area contributed by atoms with Gasteiger partial charge in [-0.2, -0.15) is 0 Å². The molecule has 0 saturated heterocycles. The molecule has 3 heteroatoms. The fourth-order valence-corrected chi connectivity index (χ4v) is 4.22. The van der Waals surface area contributed by atoms with Crippen molar-refractivity contribution in [1.29, 1.82) is 0 Å². The van der Waals surface area contributed by atoms with Crippen LogP contribution in [0.25, 0.3) is 0 Å². The zero-order valence-corrected chi connectivity index (χ0v) is 15.3. The van der Waals surface area contributed by atoms with Crippen LogP contribution in [0.3, 0.4) is 0 Å². The van der Waals surface area contributed by atoms with Crippen LogP contribution in [0, 0.1) is 6.92 Å². The molecule has 0 fully saturated rings. The smallest absolute Gasteiger partial charge is 0.0852 e. The molecule has 0 aromatic heterocycles. The molecule has 1 unspecified atom stereocenters. The van der Waals surface area contributed by atoms with Gasteiger partial charge in [-0.25, -0.2) is 4.21 Å². The standard InChI is InChI=1S/C21H26O2S/c1-4-8-18(20(22)9-5-2)19-10-6-7-11-21(19)24(23)17-14-12-16(3)13-15-17/h5-7,10-15,18,20,22H,2,4,8-9H2,1,3H3/t18-,20-,24?/m0/s1. The van der Waals surface area contributed by atoms with E-state index in [2.05, 4.69) is 13.5 Å². The molecule has 2 aromatic rings. The van der Waals surface area contributed by atoms with Gasteiger partial charge in [0.2, 0.25) is 0 Å². The number of hydrogen-bond donors (Lipinski definition) is 1. The van der Waals surface area contributed by atoms with E-state index in [-0.39, 0.29) is 5.92 Å². The Balaban J connectivity index is 2.42. The number of aliphatic hydroxyl groups is 1. The van der Waals surface area contributed by atoms with Gasteiger partial charge in [0.25, 0.3) is 0 Å². The van der Waals surface area contributed by atoms with Gasteiger partial charge < -0.3 is 5.11 Å². The van der Waals surface area contributed by atoms with Crippen molar-refractivity contribution in [3.63, 3.8) is 0 Å². The summed E-state index contributed by atoms with van der Waals surface area (Å²) < 4.78 is 13.1. The summed E-state index contributed by atoms with van der Waals surface area (Å²) in [5.74, 6) is -0.0291. The molecule has 2 nitrogen and oxygen atoms in total. The molecule has 1 N–H and O–H groups in total. The molecule has 0 aliphatic heterocycles. The first-order valence-electron chi connectivity index (χ1n) is 8.44. The SMILES string of the molecule is C=CC[C@H](O)[C@@H](CCC)c1ccccc1S(=O)c1ccc(C)cc1. The Labute approximate surface area is 147 Å². The molecule has 24 heavy (non-hydrogen) atoms. The van der Waals surface area contributed by atoms with Gasteiger partial charge >= 0.3 is 0 Å². The summed E-state index contributed by atoms with van der Waals surface area (Å²) in [6.45, 7) is 7.85. The first-order valence-corrected chi connectivity index (χ1v) is 9.59. The van der Waals surface area contributed by atoms with Crippen molar-refractivity contribution in [3.05, 3.63) is 72.3 Å². The van der Waals surface area contributed by atoms with Gasteiger partial charge in [-0.05, 0) is 43.5 Å². The minimum absolute atomic E-state index is 0.0291. The number of rotatable bonds is 8. The van der Waals surface area contributed by atoms with Gasteiger partial charge in [0.1, 0.15) is 0 Å². The van der Waals surface area contributed by atoms with Gasteiger partial charge in [0.15, 0.2) is 0 Å². The number of aliphatic hydroxyl groups excluding tert-OH is 1. The normalized spacial score (nSPS) is 14.8. The summed E-state index contributed by atoms with van der Waals surface area (Å²) in [6, 6.07) is 15.6. The Bertz CT molecular complexity index is 691. The average Bonchev–Trinajstić information content (AvgIpc) is 2.60. The minimum Gasteiger partial charge on any atom is -0.392 e. The van der Waals surface area contributed by atoms with Crippen LogP contribution in [0.4, 0.5) is 0 Å². The van der Waals surface area contributed by atoms with Crippen molar-refractivity contribution >= 4 is 10.8 Å².